The molecule has 0 aromatic heterocycles. The molecule has 0 bridgehead atoms. The van der Waals surface area contributed by atoms with Gasteiger partial charge in [0.25, 0.3) is 11.8 Å². The largest absolute Gasteiger partial charge is 0.330 e. The Morgan fingerprint density at radius 3 is 2.53 bits per heavy atom. The normalized spacial score (nSPS) is 16.3. The fourth-order valence-corrected chi connectivity index (χ4v) is 3.08. The zero-order valence-corrected chi connectivity index (χ0v) is 17.4. The molecule has 0 saturated carbocycles. The molecule has 1 heterocycles. The first kappa shape index (κ1) is 21.4. The summed E-state index contributed by atoms with van der Waals surface area (Å²) in [5.41, 5.74) is 4.18. The summed E-state index contributed by atoms with van der Waals surface area (Å²) in [6.07, 6.45) is 0. The third-order valence-electron chi connectivity index (χ3n) is 4.70. The number of hydrazine groups is 1. The van der Waals surface area contributed by atoms with Crippen LogP contribution in [-0.2, 0) is 16.1 Å². The maximum Gasteiger partial charge on any atom is 0.291 e. The van der Waals surface area contributed by atoms with Gasteiger partial charge in [0.1, 0.15) is 11.9 Å². The first-order chi connectivity index (χ1) is 14.3. The fraction of sp³-hybridized carbons (Fsp3) is 0.318. The average molecular weight is 411 g/mol. The van der Waals surface area contributed by atoms with Crippen molar-refractivity contribution in [1.29, 1.82) is 0 Å². The molecule has 0 spiro atoms. The molecule has 1 N–H and O–H groups in total. The van der Waals surface area contributed by atoms with Crippen LogP contribution in [0, 0.1) is 5.82 Å². The van der Waals surface area contributed by atoms with Gasteiger partial charge < -0.3 is 9.80 Å². The van der Waals surface area contributed by atoms with Crippen LogP contribution in [0.5, 0.6) is 0 Å². The van der Waals surface area contributed by atoms with Crippen LogP contribution in [0.1, 0.15) is 12.5 Å². The Morgan fingerprint density at radius 1 is 1.13 bits per heavy atom. The number of para-hydroxylation sites is 1. The molecule has 7 nitrogen and oxygen atoms in total. The third-order valence-corrected chi connectivity index (χ3v) is 4.70. The first-order valence-corrected chi connectivity index (χ1v) is 9.77. The number of benzene rings is 2. The second-order valence-electron chi connectivity index (χ2n) is 7.43. The minimum atomic E-state index is -0.699. The summed E-state index contributed by atoms with van der Waals surface area (Å²) in [6, 6.07) is 14.5. The minimum absolute atomic E-state index is 0.0844. The highest BCUT2D eigenvalue weighted by Gasteiger charge is 2.32. The van der Waals surface area contributed by atoms with E-state index < -0.39 is 6.04 Å². The molecule has 0 aliphatic carbocycles. The molecule has 8 heteroatoms. The number of nitrogens with zero attached hydrogens (tertiary/aromatic N) is 4. The Balaban J connectivity index is 1.84. The van der Waals surface area contributed by atoms with Gasteiger partial charge in [0.15, 0.2) is 0 Å². The molecule has 1 aliphatic rings. The lowest BCUT2D eigenvalue weighted by Gasteiger charge is -2.33. The lowest BCUT2D eigenvalue weighted by atomic mass is 10.2. The average Bonchev–Trinajstić information content (AvgIpc) is 2.73. The van der Waals surface area contributed by atoms with Crippen LogP contribution >= 0.6 is 0 Å². The van der Waals surface area contributed by atoms with Crippen LogP contribution in [0.25, 0.3) is 0 Å². The molecule has 1 atom stereocenters. The second-order valence-corrected chi connectivity index (χ2v) is 7.43. The molecule has 30 heavy (non-hydrogen) atoms. The van der Waals surface area contributed by atoms with Gasteiger partial charge in [-0.15, -0.1) is 0 Å². The van der Waals surface area contributed by atoms with Gasteiger partial charge in [-0.05, 0) is 50.8 Å². The van der Waals surface area contributed by atoms with E-state index in [-0.39, 0.29) is 30.0 Å². The van der Waals surface area contributed by atoms with Gasteiger partial charge in [0.05, 0.1) is 5.69 Å². The van der Waals surface area contributed by atoms with Gasteiger partial charge in [0.2, 0.25) is 5.84 Å². The highest BCUT2D eigenvalue weighted by Crippen LogP contribution is 2.17. The SMILES string of the molecule is CC1N=C(C(=O)N(CCN(C)C)Cc2cccc(F)c2)NN(c2ccccc2)C1=O. The number of rotatable bonds is 7. The second kappa shape index (κ2) is 9.49. The topological polar surface area (TPSA) is 68.2 Å². The number of aliphatic imine (C=N–C) groups is 1. The molecule has 0 fully saturated rings. The maximum atomic E-state index is 13.6. The molecule has 2 amide bonds. The number of hydrogen-bond acceptors (Lipinski definition) is 5. The lowest BCUT2D eigenvalue weighted by molar-refractivity contribution is -0.125. The van der Waals surface area contributed by atoms with Crippen molar-refractivity contribution in [3.63, 3.8) is 0 Å². The van der Waals surface area contributed by atoms with Crippen molar-refractivity contribution in [3.05, 3.63) is 66.0 Å². The quantitative estimate of drug-likeness (QED) is 0.757. The minimum Gasteiger partial charge on any atom is -0.330 e. The van der Waals surface area contributed by atoms with Crippen LogP contribution in [0.4, 0.5) is 10.1 Å². The van der Waals surface area contributed by atoms with Gasteiger partial charge in [-0.1, -0.05) is 30.3 Å². The van der Waals surface area contributed by atoms with Crippen LogP contribution in [0.15, 0.2) is 59.6 Å². The number of hydrogen-bond donors (Lipinski definition) is 1. The Hall–Kier alpha value is -3.26. The summed E-state index contributed by atoms with van der Waals surface area (Å²) in [7, 11) is 3.83. The monoisotopic (exact) mass is 411 g/mol. The number of amides is 2. The smallest absolute Gasteiger partial charge is 0.291 e. The molecular formula is C22H26FN5O2. The van der Waals surface area contributed by atoms with E-state index in [1.807, 2.05) is 37.2 Å². The first-order valence-electron chi connectivity index (χ1n) is 9.77. The molecule has 3 rings (SSSR count). The van der Waals surface area contributed by atoms with Crippen molar-refractivity contribution in [1.82, 2.24) is 15.2 Å². The summed E-state index contributed by atoms with van der Waals surface area (Å²) in [5.74, 6) is -0.861. The van der Waals surface area contributed by atoms with E-state index in [1.165, 1.54) is 17.1 Å². The summed E-state index contributed by atoms with van der Waals surface area (Å²) < 4.78 is 13.6. The van der Waals surface area contributed by atoms with E-state index in [4.69, 9.17) is 0 Å². The van der Waals surface area contributed by atoms with Crippen LogP contribution in [0.2, 0.25) is 0 Å². The van der Waals surface area contributed by atoms with Crippen molar-refractivity contribution in [2.45, 2.75) is 19.5 Å². The Labute approximate surface area is 175 Å². The zero-order chi connectivity index (χ0) is 21.7. The van der Waals surface area contributed by atoms with Gasteiger partial charge >= 0.3 is 0 Å². The van der Waals surface area contributed by atoms with Crippen molar-refractivity contribution < 1.29 is 14.0 Å². The highest BCUT2D eigenvalue weighted by molar-refractivity contribution is 6.39. The lowest BCUT2D eigenvalue weighted by Crippen LogP contribution is -2.58. The predicted octanol–water partition coefficient (Wildman–Crippen LogP) is 2.05. The molecule has 0 saturated heterocycles. The Bertz CT molecular complexity index is 932. The number of carbonyl (C=O) groups is 2. The maximum absolute atomic E-state index is 13.6. The van der Waals surface area contributed by atoms with Gasteiger partial charge in [-0.25, -0.2) is 14.4 Å². The predicted molar refractivity (Wildman–Crippen MR) is 114 cm³/mol. The summed E-state index contributed by atoms with van der Waals surface area (Å²) in [6.45, 7) is 2.95. The molecule has 0 radical (unpaired) electrons. The number of anilines is 1. The third kappa shape index (κ3) is 5.21. The van der Waals surface area contributed by atoms with Crippen LogP contribution in [-0.4, -0.2) is 60.7 Å². The van der Waals surface area contributed by atoms with Crippen LogP contribution < -0.4 is 10.4 Å². The van der Waals surface area contributed by atoms with Crippen molar-refractivity contribution >= 4 is 23.3 Å². The highest BCUT2D eigenvalue weighted by atomic mass is 19.1. The standard InChI is InChI=1S/C22H26FN5O2/c1-16-21(29)28(19-10-5-4-6-11-19)25-20(24-16)22(30)27(13-12-26(2)3)15-17-8-7-9-18(23)14-17/h4-11,14,16H,12-13,15H2,1-3H3,(H,24,25). The molecule has 1 aliphatic heterocycles. The van der Waals surface area contributed by atoms with Gasteiger partial charge in [-0.3, -0.25) is 15.0 Å². The number of carbonyl (C=O) groups excluding carboxylic acids is 2. The Kier molecular flexibility index (Phi) is 6.79. The van der Waals surface area contributed by atoms with E-state index in [9.17, 15) is 14.0 Å². The van der Waals surface area contributed by atoms with Crippen molar-refractivity contribution in [2.75, 3.05) is 32.2 Å². The fourth-order valence-electron chi connectivity index (χ4n) is 3.08. The molecule has 2 aromatic rings. The van der Waals surface area contributed by atoms with Crippen LogP contribution in [0.3, 0.4) is 0 Å². The van der Waals surface area contributed by atoms with Gasteiger partial charge in [0, 0.05) is 19.6 Å². The molecule has 158 valence electrons. The van der Waals surface area contributed by atoms with E-state index in [0.29, 0.717) is 24.3 Å². The number of halogens is 1. The molecular weight excluding hydrogens is 385 g/mol. The number of nitrogens with one attached hydrogen (secondary N) is 1. The van der Waals surface area contributed by atoms with E-state index in [2.05, 4.69) is 10.4 Å². The summed E-state index contributed by atoms with van der Waals surface area (Å²) in [5, 5.41) is 1.34. The summed E-state index contributed by atoms with van der Waals surface area (Å²) in [4.78, 5) is 33.7. The summed E-state index contributed by atoms with van der Waals surface area (Å²) >= 11 is 0. The molecule has 1 unspecified atom stereocenters. The number of likely N-dealkylation sites (N-methyl/N-ethyl adjacent to an activating group) is 1. The van der Waals surface area contributed by atoms with Crippen molar-refractivity contribution in [3.8, 4) is 0 Å². The van der Waals surface area contributed by atoms with Crippen molar-refractivity contribution in [2.24, 2.45) is 4.99 Å². The number of amidine groups is 1. The van der Waals surface area contributed by atoms with E-state index >= 15 is 0 Å². The zero-order valence-electron chi connectivity index (χ0n) is 17.4. The van der Waals surface area contributed by atoms with E-state index in [1.54, 1.807) is 36.1 Å². The van der Waals surface area contributed by atoms with E-state index in [0.717, 1.165) is 0 Å². The molecule has 2 aromatic carbocycles. The van der Waals surface area contributed by atoms with Gasteiger partial charge in [-0.2, -0.15) is 0 Å². The Morgan fingerprint density at radius 2 is 1.87 bits per heavy atom.